The maximum Gasteiger partial charge on any atom is 0.251 e. The highest BCUT2D eigenvalue weighted by molar-refractivity contribution is 7.99. The van der Waals surface area contributed by atoms with E-state index in [1.807, 2.05) is 18.2 Å². The molecule has 0 fully saturated rings. The van der Waals surface area contributed by atoms with Crippen LogP contribution in [0.2, 0.25) is 5.02 Å². The van der Waals surface area contributed by atoms with Crippen molar-refractivity contribution >= 4 is 23.4 Å². The smallest absolute Gasteiger partial charge is 0.251 e. The fraction of sp³-hybridized carbons (Fsp3) is 0.286. The van der Waals surface area contributed by atoms with Gasteiger partial charge in [0.05, 0.1) is 6.61 Å². The van der Waals surface area contributed by atoms with Crippen LogP contribution < -0.4 is 10.9 Å². The van der Waals surface area contributed by atoms with Gasteiger partial charge < -0.3 is 15.0 Å². The summed E-state index contributed by atoms with van der Waals surface area (Å²) in [6.45, 7) is 2.08. The Labute approximate surface area is 132 Å². The van der Waals surface area contributed by atoms with E-state index in [-0.39, 0.29) is 5.56 Å². The normalized spacial score (nSPS) is 10.8. The molecule has 0 saturated heterocycles. The minimum absolute atomic E-state index is 0.166. The van der Waals surface area contributed by atoms with Crippen molar-refractivity contribution in [3.63, 3.8) is 0 Å². The second-order valence-corrected chi connectivity index (χ2v) is 5.73. The van der Waals surface area contributed by atoms with E-state index in [1.54, 1.807) is 7.11 Å². The van der Waals surface area contributed by atoms with Gasteiger partial charge in [0.2, 0.25) is 0 Å². The number of hydrogen-bond donors (Lipinski definition) is 2. The molecule has 0 amide bonds. The summed E-state index contributed by atoms with van der Waals surface area (Å²) in [6, 6.07) is 7.04. The summed E-state index contributed by atoms with van der Waals surface area (Å²) in [7, 11) is 1.67. The summed E-state index contributed by atoms with van der Waals surface area (Å²) in [5.41, 5.74) is 0.885. The van der Waals surface area contributed by atoms with Crippen LogP contribution in [-0.2, 0) is 11.3 Å². The summed E-state index contributed by atoms with van der Waals surface area (Å²) >= 11 is 7.45. The van der Waals surface area contributed by atoms with Gasteiger partial charge in [-0.1, -0.05) is 23.4 Å². The first-order valence-corrected chi connectivity index (χ1v) is 7.60. The number of H-pyrrole nitrogens is 1. The molecule has 0 aliphatic rings. The molecule has 2 N–H and O–H groups in total. The van der Waals surface area contributed by atoms with Gasteiger partial charge in [-0.05, 0) is 23.8 Å². The number of nitrogens with zero attached hydrogens (tertiary/aromatic N) is 1. The van der Waals surface area contributed by atoms with E-state index < -0.39 is 0 Å². The fourth-order valence-electron chi connectivity index (χ4n) is 1.69. The lowest BCUT2D eigenvalue weighted by Gasteiger charge is -2.10. The standard InChI is InChI=1S/C14H16ClN3O2S/c1-20-7-6-16-9-10-8-11(15)2-3-12(10)21-14-17-5-4-13(19)18-14/h2-5,8,16H,6-7,9H2,1H3,(H,17,18,19). The third-order valence-electron chi connectivity index (χ3n) is 2.68. The Hall–Kier alpha value is -1.34. The Bertz CT molecular complexity index is 648. The van der Waals surface area contributed by atoms with Crippen molar-refractivity contribution in [1.82, 2.24) is 15.3 Å². The molecule has 21 heavy (non-hydrogen) atoms. The number of aromatic nitrogens is 2. The highest BCUT2D eigenvalue weighted by Crippen LogP contribution is 2.29. The molecular weight excluding hydrogens is 310 g/mol. The van der Waals surface area contributed by atoms with Crippen LogP contribution in [0.1, 0.15) is 5.56 Å². The molecule has 1 aromatic carbocycles. The van der Waals surface area contributed by atoms with E-state index in [4.69, 9.17) is 16.3 Å². The Kier molecular flexibility index (Phi) is 6.25. The lowest BCUT2D eigenvalue weighted by Crippen LogP contribution is -2.19. The Morgan fingerprint density at radius 3 is 3.05 bits per heavy atom. The number of nitrogens with one attached hydrogen (secondary N) is 2. The number of benzene rings is 1. The summed E-state index contributed by atoms with van der Waals surface area (Å²) in [5, 5.41) is 4.51. The lowest BCUT2D eigenvalue weighted by atomic mass is 10.2. The van der Waals surface area contributed by atoms with E-state index in [1.165, 1.54) is 24.0 Å². The zero-order valence-electron chi connectivity index (χ0n) is 11.6. The number of halogens is 1. The molecule has 0 saturated carbocycles. The Morgan fingerprint density at radius 1 is 1.43 bits per heavy atom. The van der Waals surface area contributed by atoms with Gasteiger partial charge in [-0.2, -0.15) is 0 Å². The van der Waals surface area contributed by atoms with Crippen molar-refractivity contribution in [2.45, 2.75) is 16.6 Å². The summed E-state index contributed by atoms with van der Waals surface area (Å²) in [5.74, 6) is 0. The van der Waals surface area contributed by atoms with Crippen LogP contribution in [0.3, 0.4) is 0 Å². The lowest BCUT2D eigenvalue weighted by molar-refractivity contribution is 0.199. The predicted molar refractivity (Wildman–Crippen MR) is 84.0 cm³/mol. The topological polar surface area (TPSA) is 67.0 Å². The highest BCUT2D eigenvalue weighted by atomic mass is 35.5. The zero-order valence-corrected chi connectivity index (χ0v) is 13.1. The predicted octanol–water partition coefficient (Wildman–Crippen LogP) is 2.31. The highest BCUT2D eigenvalue weighted by Gasteiger charge is 2.07. The van der Waals surface area contributed by atoms with E-state index in [9.17, 15) is 4.79 Å². The number of aromatic amines is 1. The minimum atomic E-state index is -0.166. The summed E-state index contributed by atoms with van der Waals surface area (Å²) in [4.78, 5) is 19.1. The number of ether oxygens (including phenoxy) is 1. The quantitative estimate of drug-likeness (QED) is 0.604. The van der Waals surface area contributed by atoms with Gasteiger partial charge in [0.15, 0.2) is 5.16 Å². The molecule has 0 radical (unpaired) electrons. The molecule has 7 heteroatoms. The van der Waals surface area contributed by atoms with Crippen molar-refractivity contribution in [2.24, 2.45) is 0 Å². The molecule has 112 valence electrons. The average Bonchev–Trinajstić information content (AvgIpc) is 2.46. The Balaban J connectivity index is 2.12. The van der Waals surface area contributed by atoms with E-state index in [0.29, 0.717) is 23.3 Å². The first-order chi connectivity index (χ1) is 10.2. The zero-order chi connectivity index (χ0) is 15.1. The van der Waals surface area contributed by atoms with E-state index in [2.05, 4.69) is 15.3 Å². The molecule has 2 rings (SSSR count). The van der Waals surface area contributed by atoms with Crippen LogP contribution in [-0.4, -0.2) is 30.2 Å². The van der Waals surface area contributed by atoms with Gasteiger partial charge in [-0.25, -0.2) is 4.98 Å². The first-order valence-electron chi connectivity index (χ1n) is 6.40. The van der Waals surface area contributed by atoms with Gasteiger partial charge in [-0.3, -0.25) is 4.79 Å². The molecule has 1 heterocycles. The molecular formula is C14H16ClN3O2S. The largest absolute Gasteiger partial charge is 0.383 e. The van der Waals surface area contributed by atoms with Gasteiger partial charge in [0, 0.05) is 42.4 Å². The molecule has 0 aliphatic carbocycles. The van der Waals surface area contributed by atoms with Crippen molar-refractivity contribution < 1.29 is 4.74 Å². The number of methoxy groups -OCH3 is 1. The maximum atomic E-state index is 11.3. The second kappa shape index (κ2) is 8.19. The third-order valence-corrected chi connectivity index (χ3v) is 3.93. The number of rotatable bonds is 7. The van der Waals surface area contributed by atoms with Gasteiger partial charge in [0.25, 0.3) is 5.56 Å². The van der Waals surface area contributed by atoms with Crippen molar-refractivity contribution in [3.8, 4) is 0 Å². The average molecular weight is 326 g/mol. The molecule has 0 bridgehead atoms. The van der Waals surface area contributed by atoms with Crippen LogP contribution in [0.5, 0.6) is 0 Å². The second-order valence-electron chi connectivity index (χ2n) is 4.26. The molecule has 0 atom stereocenters. The fourth-order valence-corrected chi connectivity index (χ4v) is 2.76. The third kappa shape index (κ3) is 5.17. The van der Waals surface area contributed by atoms with E-state index in [0.717, 1.165) is 17.0 Å². The minimum Gasteiger partial charge on any atom is -0.383 e. The monoisotopic (exact) mass is 325 g/mol. The SMILES string of the molecule is COCCNCc1cc(Cl)ccc1Sc1nccc(=O)[nH]1. The van der Waals surface area contributed by atoms with Crippen LogP contribution in [0.25, 0.3) is 0 Å². The maximum absolute atomic E-state index is 11.3. The van der Waals surface area contributed by atoms with Crippen molar-refractivity contribution in [1.29, 1.82) is 0 Å². The van der Waals surface area contributed by atoms with Gasteiger partial charge >= 0.3 is 0 Å². The van der Waals surface area contributed by atoms with Crippen LogP contribution in [0, 0.1) is 0 Å². The van der Waals surface area contributed by atoms with Crippen LogP contribution in [0.15, 0.2) is 45.3 Å². The van der Waals surface area contributed by atoms with Gasteiger partial charge in [0.1, 0.15) is 0 Å². The molecule has 5 nitrogen and oxygen atoms in total. The molecule has 0 spiro atoms. The number of hydrogen-bond acceptors (Lipinski definition) is 5. The molecule has 1 aromatic heterocycles. The summed E-state index contributed by atoms with van der Waals surface area (Å²) in [6.07, 6.45) is 1.49. The van der Waals surface area contributed by atoms with Crippen molar-refractivity contribution in [2.75, 3.05) is 20.3 Å². The van der Waals surface area contributed by atoms with Crippen LogP contribution >= 0.6 is 23.4 Å². The van der Waals surface area contributed by atoms with Crippen molar-refractivity contribution in [3.05, 3.63) is 51.4 Å². The molecule has 2 aromatic rings. The van der Waals surface area contributed by atoms with Gasteiger partial charge in [-0.15, -0.1) is 0 Å². The Morgan fingerprint density at radius 2 is 2.29 bits per heavy atom. The van der Waals surface area contributed by atoms with Crippen LogP contribution in [0.4, 0.5) is 0 Å². The first kappa shape index (κ1) is 16.0. The van der Waals surface area contributed by atoms with E-state index >= 15 is 0 Å². The summed E-state index contributed by atoms with van der Waals surface area (Å²) < 4.78 is 5.00. The molecule has 0 unspecified atom stereocenters. The molecule has 0 aliphatic heterocycles.